The second kappa shape index (κ2) is 5.05. The van der Waals surface area contributed by atoms with E-state index in [-0.39, 0.29) is 7.92 Å². The van der Waals surface area contributed by atoms with Crippen LogP contribution in [-0.4, -0.2) is 16.5 Å². The molecule has 0 heterocycles. The topological polar surface area (TPSA) is 0 Å². The Labute approximate surface area is 103 Å². The zero-order chi connectivity index (χ0) is 12.4. The van der Waals surface area contributed by atoms with E-state index in [1.807, 2.05) is 0 Å². The predicted octanol–water partition coefficient (Wildman–Crippen LogP) is 5.34. The maximum atomic E-state index is 2.41. The lowest BCUT2D eigenvalue weighted by molar-refractivity contribution is 0.701. The molecule has 1 rings (SSSR count). The molecule has 0 aliphatic heterocycles. The van der Waals surface area contributed by atoms with Crippen LogP contribution in [0.2, 0.25) is 0 Å². The highest BCUT2D eigenvalue weighted by Gasteiger charge is 2.33. The van der Waals surface area contributed by atoms with Crippen LogP contribution >= 0.6 is 7.92 Å². The van der Waals surface area contributed by atoms with Gasteiger partial charge in [0, 0.05) is 0 Å². The van der Waals surface area contributed by atoms with E-state index in [0.717, 1.165) is 0 Å². The van der Waals surface area contributed by atoms with Gasteiger partial charge in [0.1, 0.15) is 0 Å². The molecule has 0 fully saturated rings. The Morgan fingerprint density at radius 1 is 1.06 bits per heavy atom. The van der Waals surface area contributed by atoms with Gasteiger partial charge in [-0.15, -0.1) is 0 Å². The molecular formula is C15H27P. The Morgan fingerprint density at radius 3 is 2.00 bits per heavy atom. The van der Waals surface area contributed by atoms with Gasteiger partial charge >= 0.3 is 0 Å². The van der Waals surface area contributed by atoms with E-state index in [0.29, 0.717) is 10.3 Å². The summed E-state index contributed by atoms with van der Waals surface area (Å²) in [5.41, 5.74) is 1.63. The molecule has 0 aromatic heterocycles. The summed E-state index contributed by atoms with van der Waals surface area (Å²) in [6.07, 6.45) is 10.6. The first-order valence-corrected chi connectivity index (χ1v) is 7.86. The standard InChI is InChI=1S/C15H27P/c1-14(2,3)16(15(4,5)6)12-11-13-9-7-8-10-13/h7-9H,10-12H2,1-6H3. The van der Waals surface area contributed by atoms with Crippen molar-refractivity contribution in [3.63, 3.8) is 0 Å². The quantitative estimate of drug-likeness (QED) is 0.582. The van der Waals surface area contributed by atoms with Crippen molar-refractivity contribution < 1.29 is 0 Å². The summed E-state index contributed by atoms with van der Waals surface area (Å²) in [5, 5.41) is 0.945. The maximum absolute atomic E-state index is 2.41. The Kier molecular flexibility index (Phi) is 4.41. The second-order valence-corrected chi connectivity index (χ2v) is 10.7. The normalized spacial score (nSPS) is 17.1. The minimum absolute atomic E-state index is 0.0725. The van der Waals surface area contributed by atoms with Crippen LogP contribution in [0, 0.1) is 0 Å². The average Bonchev–Trinajstić information content (AvgIpc) is 2.51. The summed E-state index contributed by atoms with van der Waals surface area (Å²) in [6.45, 7) is 14.4. The van der Waals surface area contributed by atoms with Crippen LogP contribution in [0.1, 0.15) is 54.4 Å². The Bertz CT molecular complexity index is 270. The number of hydrogen-bond acceptors (Lipinski definition) is 0. The molecule has 0 spiro atoms. The van der Waals surface area contributed by atoms with Gasteiger partial charge in [0.15, 0.2) is 0 Å². The molecule has 1 aliphatic rings. The molecule has 0 saturated carbocycles. The highest BCUT2D eigenvalue weighted by atomic mass is 31.1. The van der Waals surface area contributed by atoms with Crippen LogP contribution in [0.25, 0.3) is 0 Å². The van der Waals surface area contributed by atoms with Crippen LogP contribution in [0.15, 0.2) is 23.8 Å². The molecule has 1 aliphatic carbocycles. The fourth-order valence-electron chi connectivity index (χ4n) is 2.61. The summed E-state index contributed by atoms with van der Waals surface area (Å²) < 4.78 is 0. The average molecular weight is 238 g/mol. The molecule has 0 bridgehead atoms. The maximum Gasteiger partial charge on any atom is -0.0132 e. The molecule has 0 atom stereocenters. The van der Waals surface area contributed by atoms with Gasteiger partial charge in [-0.25, -0.2) is 0 Å². The molecule has 0 radical (unpaired) electrons. The number of allylic oxidation sites excluding steroid dienone is 4. The van der Waals surface area contributed by atoms with E-state index in [1.165, 1.54) is 19.0 Å². The van der Waals surface area contributed by atoms with Gasteiger partial charge < -0.3 is 0 Å². The third kappa shape index (κ3) is 4.06. The molecule has 16 heavy (non-hydrogen) atoms. The van der Waals surface area contributed by atoms with Crippen LogP contribution in [-0.2, 0) is 0 Å². The monoisotopic (exact) mass is 238 g/mol. The molecule has 0 saturated heterocycles. The first kappa shape index (κ1) is 14.0. The van der Waals surface area contributed by atoms with Gasteiger partial charge in [0.2, 0.25) is 0 Å². The van der Waals surface area contributed by atoms with Crippen molar-refractivity contribution in [3.8, 4) is 0 Å². The van der Waals surface area contributed by atoms with Crippen molar-refractivity contribution in [2.24, 2.45) is 0 Å². The van der Waals surface area contributed by atoms with Gasteiger partial charge in [-0.2, -0.15) is 0 Å². The Morgan fingerprint density at radius 2 is 1.62 bits per heavy atom. The summed E-state index contributed by atoms with van der Waals surface area (Å²) in [4.78, 5) is 0. The first-order valence-electron chi connectivity index (χ1n) is 6.33. The molecule has 0 aromatic rings. The van der Waals surface area contributed by atoms with Crippen molar-refractivity contribution in [2.75, 3.05) is 6.16 Å². The molecule has 0 amide bonds. The molecule has 0 nitrogen and oxygen atoms in total. The van der Waals surface area contributed by atoms with E-state index >= 15 is 0 Å². The Hall–Kier alpha value is -0.0900. The van der Waals surface area contributed by atoms with Crippen molar-refractivity contribution in [3.05, 3.63) is 23.8 Å². The van der Waals surface area contributed by atoms with Gasteiger partial charge in [0.25, 0.3) is 0 Å². The van der Waals surface area contributed by atoms with Crippen molar-refractivity contribution in [2.45, 2.75) is 64.7 Å². The van der Waals surface area contributed by atoms with E-state index in [9.17, 15) is 0 Å². The highest BCUT2D eigenvalue weighted by Crippen LogP contribution is 2.59. The van der Waals surface area contributed by atoms with Crippen LogP contribution in [0.3, 0.4) is 0 Å². The van der Waals surface area contributed by atoms with Crippen molar-refractivity contribution in [1.29, 1.82) is 0 Å². The van der Waals surface area contributed by atoms with Crippen LogP contribution in [0.4, 0.5) is 0 Å². The van der Waals surface area contributed by atoms with Crippen LogP contribution < -0.4 is 0 Å². The first-order chi connectivity index (χ1) is 7.21. The van der Waals surface area contributed by atoms with E-state index < -0.39 is 0 Å². The molecule has 0 unspecified atom stereocenters. The van der Waals surface area contributed by atoms with Crippen LogP contribution in [0.5, 0.6) is 0 Å². The molecule has 1 heteroatoms. The smallest absolute Gasteiger partial charge is 0.0132 e. The number of hydrogen-bond donors (Lipinski definition) is 0. The minimum Gasteiger partial charge on any atom is -0.0953 e. The van der Waals surface area contributed by atoms with Gasteiger partial charge in [-0.1, -0.05) is 73.3 Å². The summed E-state index contributed by atoms with van der Waals surface area (Å²) in [6, 6.07) is 0. The van der Waals surface area contributed by atoms with Crippen molar-refractivity contribution in [1.82, 2.24) is 0 Å². The lowest BCUT2D eigenvalue weighted by atomic mass is 10.2. The van der Waals surface area contributed by atoms with Gasteiger partial charge in [-0.3, -0.25) is 0 Å². The van der Waals surface area contributed by atoms with Gasteiger partial charge in [0.05, 0.1) is 0 Å². The molecule has 92 valence electrons. The summed E-state index contributed by atoms with van der Waals surface area (Å²) >= 11 is 0. The molecular weight excluding hydrogens is 211 g/mol. The zero-order valence-corrected chi connectivity index (χ0v) is 12.7. The van der Waals surface area contributed by atoms with E-state index in [4.69, 9.17) is 0 Å². The fourth-order valence-corrected chi connectivity index (χ4v) is 6.47. The van der Waals surface area contributed by atoms with Crippen molar-refractivity contribution >= 4 is 7.92 Å². The third-order valence-electron chi connectivity index (χ3n) is 3.12. The lowest BCUT2D eigenvalue weighted by Crippen LogP contribution is -2.26. The SMILES string of the molecule is CC(C)(C)P(CCC1=CC=CC1)C(C)(C)C. The summed E-state index contributed by atoms with van der Waals surface area (Å²) in [7, 11) is 0.0725. The fraction of sp³-hybridized carbons (Fsp3) is 0.733. The lowest BCUT2D eigenvalue weighted by Gasteiger charge is -2.41. The minimum atomic E-state index is 0.0725. The Balaban J connectivity index is 2.58. The second-order valence-electron chi connectivity index (χ2n) is 6.70. The van der Waals surface area contributed by atoms with E-state index in [2.05, 4.69) is 59.8 Å². The number of rotatable bonds is 3. The molecule has 0 aromatic carbocycles. The summed E-state index contributed by atoms with van der Waals surface area (Å²) in [5.74, 6) is 0. The largest absolute Gasteiger partial charge is 0.0953 e. The van der Waals surface area contributed by atoms with Gasteiger partial charge in [-0.05, 0) is 29.3 Å². The zero-order valence-electron chi connectivity index (χ0n) is 11.8. The van der Waals surface area contributed by atoms with E-state index in [1.54, 1.807) is 5.57 Å². The predicted molar refractivity (Wildman–Crippen MR) is 77.8 cm³/mol. The third-order valence-corrected chi connectivity index (χ3v) is 7.03. The molecule has 0 N–H and O–H groups in total. The highest BCUT2D eigenvalue weighted by molar-refractivity contribution is 7.60.